The van der Waals surface area contributed by atoms with E-state index in [2.05, 4.69) is 5.32 Å². The molecule has 0 aromatic carbocycles. The standard InChI is InChI=1S/C14H15NO3S2/c1-4-9-5-6-10(20-9)13(16)15-11-8(2)7-19-12(11)14(17)18-3/h5-7H,4H2,1-3H3,(H,15,16). The van der Waals surface area contributed by atoms with E-state index in [1.807, 2.05) is 25.3 Å². The Kier molecular flexibility index (Phi) is 4.57. The summed E-state index contributed by atoms with van der Waals surface area (Å²) in [4.78, 5) is 26.1. The fourth-order valence-electron chi connectivity index (χ4n) is 1.71. The van der Waals surface area contributed by atoms with Crippen LogP contribution < -0.4 is 5.32 Å². The van der Waals surface area contributed by atoms with Crippen LogP contribution >= 0.6 is 22.7 Å². The lowest BCUT2D eigenvalue weighted by atomic mass is 10.2. The minimum absolute atomic E-state index is 0.193. The van der Waals surface area contributed by atoms with Gasteiger partial charge in [0.05, 0.1) is 17.7 Å². The summed E-state index contributed by atoms with van der Waals surface area (Å²) >= 11 is 2.73. The van der Waals surface area contributed by atoms with Crippen LogP contribution in [0.1, 0.15) is 36.7 Å². The van der Waals surface area contributed by atoms with E-state index in [1.54, 1.807) is 6.07 Å². The number of rotatable bonds is 4. The SMILES string of the molecule is CCc1ccc(C(=O)Nc2c(C)csc2C(=O)OC)s1. The quantitative estimate of drug-likeness (QED) is 0.876. The van der Waals surface area contributed by atoms with Gasteiger partial charge in [-0.25, -0.2) is 4.79 Å². The fraction of sp³-hybridized carbons (Fsp3) is 0.286. The van der Waals surface area contributed by atoms with E-state index in [9.17, 15) is 9.59 Å². The largest absolute Gasteiger partial charge is 0.465 e. The number of amides is 1. The molecule has 4 nitrogen and oxygen atoms in total. The first kappa shape index (κ1) is 14.7. The van der Waals surface area contributed by atoms with Crippen molar-refractivity contribution < 1.29 is 14.3 Å². The Labute approximate surface area is 125 Å². The van der Waals surface area contributed by atoms with Gasteiger partial charge in [-0.15, -0.1) is 22.7 Å². The number of hydrogen-bond acceptors (Lipinski definition) is 5. The Morgan fingerprint density at radius 3 is 2.70 bits per heavy atom. The number of carbonyl (C=O) groups excluding carboxylic acids is 2. The summed E-state index contributed by atoms with van der Waals surface area (Å²) in [5.41, 5.74) is 1.40. The molecule has 0 aliphatic heterocycles. The minimum Gasteiger partial charge on any atom is -0.465 e. The molecule has 1 N–H and O–H groups in total. The second kappa shape index (κ2) is 6.19. The van der Waals surface area contributed by atoms with Crippen LogP contribution in [0.25, 0.3) is 0 Å². The van der Waals surface area contributed by atoms with E-state index in [0.717, 1.165) is 16.9 Å². The zero-order valence-corrected chi connectivity index (χ0v) is 13.1. The van der Waals surface area contributed by atoms with E-state index in [1.165, 1.54) is 29.8 Å². The van der Waals surface area contributed by atoms with Gasteiger partial charge in [-0.05, 0) is 36.4 Å². The van der Waals surface area contributed by atoms with E-state index in [-0.39, 0.29) is 5.91 Å². The molecule has 0 fully saturated rings. The third-order valence-electron chi connectivity index (χ3n) is 2.82. The Hall–Kier alpha value is -1.66. The molecular weight excluding hydrogens is 294 g/mol. The highest BCUT2D eigenvalue weighted by Crippen LogP contribution is 2.29. The molecule has 2 aromatic heterocycles. The van der Waals surface area contributed by atoms with Crippen LogP contribution in [-0.4, -0.2) is 19.0 Å². The van der Waals surface area contributed by atoms with Crippen molar-refractivity contribution in [3.8, 4) is 0 Å². The summed E-state index contributed by atoms with van der Waals surface area (Å²) in [7, 11) is 1.33. The van der Waals surface area contributed by atoms with Gasteiger partial charge in [0.25, 0.3) is 5.91 Å². The van der Waals surface area contributed by atoms with Crippen molar-refractivity contribution in [1.29, 1.82) is 0 Å². The van der Waals surface area contributed by atoms with Gasteiger partial charge in [-0.2, -0.15) is 0 Å². The second-order valence-electron chi connectivity index (χ2n) is 4.19. The molecular formula is C14H15NO3S2. The summed E-state index contributed by atoms with van der Waals surface area (Å²) in [6, 6.07) is 3.75. The van der Waals surface area contributed by atoms with Gasteiger partial charge >= 0.3 is 5.97 Å². The van der Waals surface area contributed by atoms with Gasteiger partial charge in [-0.3, -0.25) is 4.79 Å². The molecule has 0 bridgehead atoms. The number of hydrogen-bond donors (Lipinski definition) is 1. The summed E-state index contributed by atoms with van der Waals surface area (Å²) in [5.74, 6) is -0.625. The lowest BCUT2D eigenvalue weighted by Gasteiger charge is -2.06. The summed E-state index contributed by atoms with van der Waals surface area (Å²) < 4.78 is 4.72. The maximum atomic E-state index is 12.2. The van der Waals surface area contributed by atoms with Crippen LogP contribution in [0.2, 0.25) is 0 Å². The lowest BCUT2D eigenvalue weighted by Crippen LogP contribution is -2.13. The van der Waals surface area contributed by atoms with Gasteiger partial charge in [0.1, 0.15) is 4.88 Å². The van der Waals surface area contributed by atoms with Crippen molar-refractivity contribution >= 4 is 40.2 Å². The zero-order valence-electron chi connectivity index (χ0n) is 11.5. The maximum Gasteiger partial charge on any atom is 0.350 e. The first-order valence-corrected chi connectivity index (χ1v) is 7.82. The lowest BCUT2D eigenvalue weighted by molar-refractivity contribution is 0.0607. The average Bonchev–Trinajstić information content (AvgIpc) is 3.06. The van der Waals surface area contributed by atoms with Crippen LogP contribution in [0, 0.1) is 6.92 Å². The van der Waals surface area contributed by atoms with Gasteiger partial charge in [0, 0.05) is 4.88 Å². The highest BCUT2D eigenvalue weighted by Gasteiger charge is 2.19. The monoisotopic (exact) mass is 309 g/mol. The van der Waals surface area contributed by atoms with Crippen LogP contribution in [-0.2, 0) is 11.2 Å². The number of methoxy groups -OCH3 is 1. The van der Waals surface area contributed by atoms with Crippen LogP contribution in [0.15, 0.2) is 17.5 Å². The number of nitrogens with one attached hydrogen (secondary N) is 1. The van der Waals surface area contributed by atoms with E-state index < -0.39 is 5.97 Å². The predicted octanol–water partition coefficient (Wildman–Crippen LogP) is 3.72. The topological polar surface area (TPSA) is 55.4 Å². The first-order chi connectivity index (χ1) is 9.56. The normalized spacial score (nSPS) is 10.3. The Balaban J connectivity index is 2.23. The van der Waals surface area contributed by atoms with Crippen molar-refractivity contribution in [1.82, 2.24) is 0 Å². The molecule has 20 heavy (non-hydrogen) atoms. The third-order valence-corrected chi connectivity index (χ3v) is 5.12. The number of ether oxygens (including phenoxy) is 1. The first-order valence-electron chi connectivity index (χ1n) is 6.13. The molecule has 106 valence electrons. The van der Waals surface area contributed by atoms with Crippen molar-refractivity contribution in [2.45, 2.75) is 20.3 Å². The van der Waals surface area contributed by atoms with Crippen molar-refractivity contribution in [3.63, 3.8) is 0 Å². The van der Waals surface area contributed by atoms with Gasteiger partial charge in [0.2, 0.25) is 0 Å². The van der Waals surface area contributed by atoms with E-state index in [0.29, 0.717) is 15.4 Å². The fourth-order valence-corrected chi connectivity index (χ4v) is 3.47. The minimum atomic E-state index is -0.432. The smallest absolute Gasteiger partial charge is 0.350 e. The summed E-state index contributed by atoms with van der Waals surface area (Å²) in [6.45, 7) is 3.90. The van der Waals surface area contributed by atoms with Crippen molar-refractivity contribution in [2.24, 2.45) is 0 Å². The molecule has 0 spiro atoms. The molecule has 6 heteroatoms. The van der Waals surface area contributed by atoms with E-state index in [4.69, 9.17) is 4.74 Å². The number of thiophene rings is 2. The summed E-state index contributed by atoms with van der Waals surface area (Å²) in [5, 5.41) is 4.64. The number of carbonyl (C=O) groups is 2. The molecule has 0 radical (unpaired) electrons. The van der Waals surface area contributed by atoms with Crippen LogP contribution in [0.3, 0.4) is 0 Å². The molecule has 2 rings (SSSR count). The second-order valence-corrected chi connectivity index (χ2v) is 6.24. The van der Waals surface area contributed by atoms with Crippen molar-refractivity contribution in [3.05, 3.63) is 37.7 Å². The highest BCUT2D eigenvalue weighted by molar-refractivity contribution is 7.14. The Bertz CT molecular complexity index is 643. The number of aryl methyl sites for hydroxylation is 2. The molecule has 2 heterocycles. The maximum absolute atomic E-state index is 12.2. The van der Waals surface area contributed by atoms with Gasteiger partial charge in [0.15, 0.2) is 0 Å². The molecule has 0 aliphatic carbocycles. The van der Waals surface area contributed by atoms with Crippen molar-refractivity contribution in [2.75, 3.05) is 12.4 Å². The molecule has 0 saturated heterocycles. The van der Waals surface area contributed by atoms with Gasteiger partial charge < -0.3 is 10.1 Å². The van der Waals surface area contributed by atoms with Crippen LogP contribution in [0.5, 0.6) is 0 Å². The molecule has 0 unspecified atom stereocenters. The Morgan fingerprint density at radius 2 is 2.10 bits per heavy atom. The molecule has 0 atom stereocenters. The summed E-state index contributed by atoms with van der Waals surface area (Å²) in [6.07, 6.45) is 0.906. The zero-order chi connectivity index (χ0) is 14.7. The van der Waals surface area contributed by atoms with Crippen LogP contribution in [0.4, 0.5) is 5.69 Å². The average molecular weight is 309 g/mol. The number of esters is 1. The predicted molar refractivity (Wildman–Crippen MR) is 82.0 cm³/mol. The Morgan fingerprint density at radius 1 is 1.35 bits per heavy atom. The molecule has 0 saturated carbocycles. The molecule has 1 amide bonds. The van der Waals surface area contributed by atoms with E-state index >= 15 is 0 Å². The van der Waals surface area contributed by atoms with Gasteiger partial charge in [-0.1, -0.05) is 6.92 Å². The number of anilines is 1. The molecule has 2 aromatic rings. The highest BCUT2D eigenvalue weighted by atomic mass is 32.1. The third kappa shape index (κ3) is 2.91. The molecule has 0 aliphatic rings.